The average Bonchev–Trinajstić information content (AvgIpc) is 1.91. The fraction of sp³-hybridized carbons (Fsp3) is 0.250. The molecule has 38 valence electrons. The molecule has 0 radical (unpaired) electrons. The number of nitrogens with one attached hydrogen (secondary N) is 1. The van der Waals surface area contributed by atoms with Gasteiger partial charge in [0.05, 0.1) is 7.05 Å². The molecule has 1 N–H and O–H groups in total. The van der Waals surface area contributed by atoms with Crippen LogP contribution in [0.15, 0.2) is 12.4 Å². The molecule has 0 saturated carbocycles. The first-order valence-electron chi connectivity index (χ1n) is 1.99. The van der Waals surface area contributed by atoms with E-state index in [1.165, 1.54) is 0 Å². The third-order valence-electron chi connectivity index (χ3n) is 0.810. The molecule has 7 heavy (non-hydrogen) atoms. The van der Waals surface area contributed by atoms with Crippen LogP contribution in [-0.4, -0.2) is 4.98 Å². The van der Waals surface area contributed by atoms with Gasteiger partial charge in [0, 0.05) is 11.6 Å². The van der Waals surface area contributed by atoms with E-state index in [9.17, 15) is 0 Å². The van der Waals surface area contributed by atoms with Crippen molar-refractivity contribution < 1.29 is 4.57 Å². The van der Waals surface area contributed by atoms with Crippen LogP contribution in [0.1, 0.15) is 0 Å². The van der Waals surface area contributed by atoms with Gasteiger partial charge in [0.2, 0.25) is 0 Å². The van der Waals surface area contributed by atoms with E-state index in [1.807, 2.05) is 13.2 Å². The summed E-state index contributed by atoms with van der Waals surface area (Å²) < 4.78 is 1.79. The number of imidazole rings is 1. The van der Waals surface area contributed by atoms with Crippen molar-refractivity contribution in [3.05, 3.63) is 17.7 Å². The third kappa shape index (κ3) is 0.747. The van der Waals surface area contributed by atoms with E-state index in [0.29, 0.717) is 5.28 Å². The fourth-order valence-electron chi connectivity index (χ4n) is 0.385. The zero-order valence-corrected chi connectivity index (χ0v) is 4.74. The van der Waals surface area contributed by atoms with E-state index in [0.717, 1.165) is 0 Å². The molecule has 0 fully saturated rings. The Morgan fingerprint density at radius 2 is 2.57 bits per heavy atom. The van der Waals surface area contributed by atoms with Crippen molar-refractivity contribution in [2.45, 2.75) is 0 Å². The first kappa shape index (κ1) is 4.65. The zero-order valence-electron chi connectivity index (χ0n) is 3.98. The molecular formula is C4H6ClN2+. The van der Waals surface area contributed by atoms with E-state index in [4.69, 9.17) is 11.6 Å². The summed E-state index contributed by atoms with van der Waals surface area (Å²) in [5, 5.41) is 0.653. The highest BCUT2D eigenvalue weighted by atomic mass is 35.5. The van der Waals surface area contributed by atoms with Crippen LogP contribution in [0.4, 0.5) is 0 Å². The second-order valence-corrected chi connectivity index (χ2v) is 1.72. The van der Waals surface area contributed by atoms with E-state index < -0.39 is 0 Å². The minimum Gasteiger partial charge on any atom is -0.233 e. The standard InChI is InChI=1S/C4H5ClN2/c1-7-3-2-6-4(7)5/h2-3H,1H3/p+1. The molecule has 3 heteroatoms. The maximum absolute atomic E-state index is 5.53. The third-order valence-corrected chi connectivity index (χ3v) is 1.19. The zero-order chi connectivity index (χ0) is 5.28. The highest BCUT2D eigenvalue weighted by molar-refractivity contribution is 6.27. The number of hydrogen-bond acceptors (Lipinski definition) is 0. The Kier molecular flexibility index (Phi) is 1.02. The summed E-state index contributed by atoms with van der Waals surface area (Å²) in [7, 11) is 1.87. The number of aromatic nitrogens is 2. The molecule has 0 saturated heterocycles. The Morgan fingerprint density at radius 3 is 2.71 bits per heavy atom. The van der Waals surface area contributed by atoms with E-state index >= 15 is 0 Å². The van der Waals surface area contributed by atoms with Crippen molar-refractivity contribution in [3.8, 4) is 0 Å². The normalized spacial score (nSPS) is 9.43. The second kappa shape index (κ2) is 1.54. The monoisotopic (exact) mass is 117 g/mol. The Balaban J connectivity index is 3.12. The summed E-state index contributed by atoms with van der Waals surface area (Å²) in [6.07, 6.45) is 3.63. The lowest BCUT2D eigenvalue weighted by atomic mass is 10.9. The number of rotatable bonds is 0. The van der Waals surface area contributed by atoms with Gasteiger partial charge in [-0.05, 0) is 0 Å². The molecule has 0 aliphatic carbocycles. The molecule has 0 spiro atoms. The van der Waals surface area contributed by atoms with Crippen molar-refractivity contribution in [3.63, 3.8) is 0 Å². The first-order chi connectivity index (χ1) is 3.30. The molecule has 0 amide bonds. The van der Waals surface area contributed by atoms with Gasteiger partial charge in [0.25, 0.3) is 0 Å². The van der Waals surface area contributed by atoms with Gasteiger partial charge in [-0.1, -0.05) is 0 Å². The smallest absolute Gasteiger partial charge is 0.233 e. The molecule has 1 heterocycles. The molecule has 0 aromatic carbocycles. The molecule has 0 aliphatic rings. The molecule has 0 bridgehead atoms. The van der Waals surface area contributed by atoms with Crippen LogP contribution in [0.25, 0.3) is 0 Å². The summed E-state index contributed by atoms with van der Waals surface area (Å²) in [4.78, 5) is 2.80. The van der Waals surface area contributed by atoms with Crippen molar-refractivity contribution in [2.75, 3.05) is 0 Å². The van der Waals surface area contributed by atoms with Gasteiger partial charge in [-0.25, -0.2) is 9.55 Å². The van der Waals surface area contributed by atoms with Crippen molar-refractivity contribution in [1.82, 2.24) is 4.98 Å². The molecule has 1 aromatic heterocycles. The van der Waals surface area contributed by atoms with Crippen LogP contribution in [0.3, 0.4) is 0 Å². The molecular weight excluding hydrogens is 112 g/mol. The summed E-state index contributed by atoms with van der Waals surface area (Å²) >= 11 is 5.53. The lowest BCUT2D eigenvalue weighted by Gasteiger charge is -1.74. The van der Waals surface area contributed by atoms with Crippen LogP contribution in [0, 0.1) is 0 Å². The predicted octanol–water partition coefficient (Wildman–Crippen LogP) is 0.493. The predicted molar refractivity (Wildman–Crippen MR) is 27.0 cm³/mol. The number of nitrogens with zero attached hydrogens (tertiary/aromatic N) is 1. The minimum absolute atomic E-state index is 0.653. The maximum Gasteiger partial charge on any atom is 0.352 e. The van der Waals surface area contributed by atoms with Gasteiger partial charge in [-0.2, -0.15) is 0 Å². The summed E-state index contributed by atoms with van der Waals surface area (Å²) in [6, 6.07) is 0. The summed E-state index contributed by atoms with van der Waals surface area (Å²) in [5.74, 6) is 0. The minimum atomic E-state index is 0.653. The Morgan fingerprint density at radius 1 is 1.86 bits per heavy atom. The van der Waals surface area contributed by atoms with Gasteiger partial charge >= 0.3 is 5.28 Å². The average molecular weight is 118 g/mol. The highest BCUT2D eigenvalue weighted by Gasteiger charge is 1.96. The van der Waals surface area contributed by atoms with Crippen molar-refractivity contribution >= 4 is 11.6 Å². The molecule has 0 aliphatic heterocycles. The first-order valence-corrected chi connectivity index (χ1v) is 2.37. The largest absolute Gasteiger partial charge is 0.352 e. The molecule has 1 rings (SSSR count). The van der Waals surface area contributed by atoms with Crippen molar-refractivity contribution in [1.29, 1.82) is 0 Å². The van der Waals surface area contributed by atoms with Crippen LogP contribution in [0.5, 0.6) is 0 Å². The second-order valence-electron chi connectivity index (χ2n) is 1.36. The van der Waals surface area contributed by atoms with Crippen LogP contribution in [0.2, 0.25) is 5.28 Å². The van der Waals surface area contributed by atoms with E-state index in [1.54, 1.807) is 10.8 Å². The van der Waals surface area contributed by atoms with Gasteiger partial charge in [-0.15, -0.1) is 0 Å². The number of aromatic amines is 1. The Bertz CT molecular complexity index is 142. The van der Waals surface area contributed by atoms with E-state index in [2.05, 4.69) is 4.98 Å². The fourth-order valence-corrected chi connectivity index (χ4v) is 0.504. The van der Waals surface area contributed by atoms with Gasteiger partial charge in [0.1, 0.15) is 12.4 Å². The molecule has 0 unspecified atom stereocenters. The number of halogens is 1. The quantitative estimate of drug-likeness (QED) is 0.478. The SMILES string of the molecule is C[n+]1cc[nH]c1Cl. The lowest BCUT2D eigenvalue weighted by Crippen LogP contribution is -2.25. The lowest BCUT2D eigenvalue weighted by molar-refractivity contribution is -0.667. The van der Waals surface area contributed by atoms with Gasteiger partial charge in [-0.3, -0.25) is 0 Å². The van der Waals surface area contributed by atoms with Gasteiger partial charge < -0.3 is 0 Å². The number of aryl methyl sites for hydroxylation is 1. The van der Waals surface area contributed by atoms with Crippen LogP contribution in [-0.2, 0) is 7.05 Å². The van der Waals surface area contributed by atoms with E-state index in [-0.39, 0.29) is 0 Å². The summed E-state index contributed by atoms with van der Waals surface area (Å²) in [5.41, 5.74) is 0. The summed E-state index contributed by atoms with van der Waals surface area (Å²) in [6.45, 7) is 0. The van der Waals surface area contributed by atoms with Crippen LogP contribution >= 0.6 is 11.6 Å². The van der Waals surface area contributed by atoms with Crippen LogP contribution < -0.4 is 4.57 Å². The number of hydrogen-bond donors (Lipinski definition) is 1. The molecule has 0 atom stereocenters. The molecule has 1 aromatic rings. The molecule has 2 nitrogen and oxygen atoms in total. The number of H-pyrrole nitrogens is 1. The Labute approximate surface area is 46.7 Å². The van der Waals surface area contributed by atoms with Gasteiger partial charge in [0.15, 0.2) is 0 Å². The topological polar surface area (TPSA) is 19.7 Å². The highest BCUT2D eigenvalue weighted by Crippen LogP contribution is 1.90. The Hall–Kier alpha value is -0.500. The van der Waals surface area contributed by atoms with Crippen molar-refractivity contribution in [2.24, 2.45) is 7.05 Å². The maximum atomic E-state index is 5.53.